The number of nitrogens with zero attached hydrogens (tertiary/aromatic N) is 2. The van der Waals surface area contributed by atoms with Crippen molar-refractivity contribution in [3.63, 3.8) is 0 Å². The van der Waals surface area contributed by atoms with Gasteiger partial charge in [-0.05, 0) is 29.3 Å². The van der Waals surface area contributed by atoms with Crippen LogP contribution in [0.25, 0.3) is 0 Å². The zero-order valence-electron chi connectivity index (χ0n) is 7.42. The molecule has 1 rings (SSSR count). The first kappa shape index (κ1) is 9.74. The van der Waals surface area contributed by atoms with Gasteiger partial charge in [0.25, 0.3) is 0 Å². The van der Waals surface area contributed by atoms with Gasteiger partial charge in [-0.1, -0.05) is 6.92 Å². The van der Waals surface area contributed by atoms with Crippen LogP contribution in [0.15, 0.2) is 10.7 Å². The molecule has 0 amide bonds. The van der Waals surface area contributed by atoms with Gasteiger partial charge in [0.15, 0.2) is 0 Å². The number of nitrogens with two attached hydrogens (primary N) is 1. The molecule has 0 bridgehead atoms. The van der Waals surface area contributed by atoms with Crippen LogP contribution >= 0.6 is 15.9 Å². The van der Waals surface area contributed by atoms with Gasteiger partial charge in [-0.25, -0.2) is 0 Å². The molecule has 0 radical (unpaired) electrons. The maximum absolute atomic E-state index is 5.80. The summed E-state index contributed by atoms with van der Waals surface area (Å²) in [5.74, 6) is 0. The minimum atomic E-state index is 0.0356. The standard InChI is InChI=1S/C8H14BrN3/c1-3-4-12-8(6(2)10)7(9)5-11-12/h5-6H,3-4,10H2,1-2H3. The Morgan fingerprint density at radius 3 is 2.92 bits per heavy atom. The molecule has 4 heteroatoms. The van der Waals surface area contributed by atoms with Gasteiger partial charge in [0.2, 0.25) is 0 Å². The molecule has 0 aliphatic carbocycles. The normalized spacial score (nSPS) is 13.3. The highest BCUT2D eigenvalue weighted by atomic mass is 79.9. The van der Waals surface area contributed by atoms with E-state index < -0.39 is 0 Å². The number of halogens is 1. The molecule has 0 fully saturated rings. The van der Waals surface area contributed by atoms with Crippen LogP contribution in [-0.2, 0) is 6.54 Å². The van der Waals surface area contributed by atoms with Gasteiger partial charge in [0.1, 0.15) is 0 Å². The Hall–Kier alpha value is -0.350. The van der Waals surface area contributed by atoms with Crippen molar-refractivity contribution in [2.24, 2.45) is 5.73 Å². The average Bonchev–Trinajstić information content (AvgIpc) is 2.32. The van der Waals surface area contributed by atoms with Crippen LogP contribution < -0.4 is 5.73 Å². The fraction of sp³-hybridized carbons (Fsp3) is 0.625. The van der Waals surface area contributed by atoms with Crippen molar-refractivity contribution in [3.05, 3.63) is 16.4 Å². The van der Waals surface area contributed by atoms with Crippen molar-refractivity contribution >= 4 is 15.9 Å². The first-order chi connectivity index (χ1) is 5.66. The van der Waals surface area contributed by atoms with E-state index >= 15 is 0 Å². The molecule has 0 saturated carbocycles. The molecule has 12 heavy (non-hydrogen) atoms. The van der Waals surface area contributed by atoms with E-state index in [1.54, 1.807) is 6.20 Å². The predicted octanol–water partition coefficient (Wildman–Crippen LogP) is 2.08. The summed E-state index contributed by atoms with van der Waals surface area (Å²) in [5, 5.41) is 4.22. The second kappa shape index (κ2) is 4.05. The van der Waals surface area contributed by atoms with E-state index in [2.05, 4.69) is 28.0 Å². The maximum atomic E-state index is 5.80. The topological polar surface area (TPSA) is 43.8 Å². The Morgan fingerprint density at radius 1 is 1.75 bits per heavy atom. The van der Waals surface area contributed by atoms with Gasteiger partial charge in [-0.3, -0.25) is 4.68 Å². The van der Waals surface area contributed by atoms with Crippen molar-refractivity contribution in [2.75, 3.05) is 0 Å². The van der Waals surface area contributed by atoms with Crippen LogP contribution in [0.2, 0.25) is 0 Å². The molecule has 0 aromatic carbocycles. The number of hydrogen-bond acceptors (Lipinski definition) is 2. The van der Waals surface area contributed by atoms with Crippen molar-refractivity contribution in [1.82, 2.24) is 9.78 Å². The molecule has 1 aromatic rings. The minimum Gasteiger partial charge on any atom is -0.323 e. The molecular weight excluding hydrogens is 218 g/mol. The lowest BCUT2D eigenvalue weighted by atomic mass is 10.2. The maximum Gasteiger partial charge on any atom is 0.0690 e. The number of rotatable bonds is 3. The number of aromatic nitrogens is 2. The third-order valence-electron chi connectivity index (χ3n) is 1.70. The highest BCUT2D eigenvalue weighted by Crippen LogP contribution is 2.21. The van der Waals surface area contributed by atoms with Crippen LogP contribution in [0.3, 0.4) is 0 Å². The Balaban J connectivity index is 2.95. The van der Waals surface area contributed by atoms with Crippen molar-refractivity contribution < 1.29 is 0 Å². The van der Waals surface area contributed by atoms with Gasteiger partial charge < -0.3 is 5.73 Å². The minimum absolute atomic E-state index is 0.0356. The summed E-state index contributed by atoms with van der Waals surface area (Å²) in [4.78, 5) is 0. The van der Waals surface area contributed by atoms with Crippen LogP contribution in [0.1, 0.15) is 32.0 Å². The van der Waals surface area contributed by atoms with Gasteiger partial charge in [-0.15, -0.1) is 0 Å². The molecule has 1 unspecified atom stereocenters. The number of aryl methyl sites for hydroxylation is 1. The van der Waals surface area contributed by atoms with Gasteiger partial charge in [0.05, 0.1) is 16.4 Å². The molecule has 68 valence electrons. The summed E-state index contributed by atoms with van der Waals surface area (Å²) < 4.78 is 2.96. The predicted molar refractivity (Wildman–Crippen MR) is 52.8 cm³/mol. The zero-order valence-corrected chi connectivity index (χ0v) is 9.00. The van der Waals surface area contributed by atoms with E-state index in [4.69, 9.17) is 5.73 Å². The van der Waals surface area contributed by atoms with E-state index in [1.165, 1.54) is 0 Å². The van der Waals surface area contributed by atoms with Crippen LogP contribution in [0.5, 0.6) is 0 Å². The smallest absolute Gasteiger partial charge is 0.0690 e. The van der Waals surface area contributed by atoms with Crippen LogP contribution in [-0.4, -0.2) is 9.78 Å². The van der Waals surface area contributed by atoms with E-state index in [1.807, 2.05) is 11.6 Å². The monoisotopic (exact) mass is 231 g/mol. The zero-order chi connectivity index (χ0) is 9.14. The molecule has 0 spiro atoms. The first-order valence-electron chi connectivity index (χ1n) is 4.13. The molecule has 1 aromatic heterocycles. The third-order valence-corrected chi connectivity index (χ3v) is 2.31. The lowest BCUT2D eigenvalue weighted by Gasteiger charge is -2.09. The fourth-order valence-electron chi connectivity index (χ4n) is 1.21. The Bertz CT molecular complexity index is 255. The van der Waals surface area contributed by atoms with Gasteiger partial charge >= 0.3 is 0 Å². The fourth-order valence-corrected chi connectivity index (χ4v) is 1.87. The van der Waals surface area contributed by atoms with E-state index in [9.17, 15) is 0 Å². The molecule has 3 nitrogen and oxygen atoms in total. The highest BCUT2D eigenvalue weighted by Gasteiger charge is 2.11. The summed E-state index contributed by atoms with van der Waals surface area (Å²) >= 11 is 3.42. The first-order valence-corrected chi connectivity index (χ1v) is 4.93. The van der Waals surface area contributed by atoms with Crippen molar-refractivity contribution in [1.29, 1.82) is 0 Å². The van der Waals surface area contributed by atoms with Crippen molar-refractivity contribution in [3.8, 4) is 0 Å². The number of hydrogen-bond donors (Lipinski definition) is 1. The molecule has 1 atom stereocenters. The van der Waals surface area contributed by atoms with Crippen LogP contribution in [0.4, 0.5) is 0 Å². The summed E-state index contributed by atoms with van der Waals surface area (Å²) in [6.07, 6.45) is 2.88. The molecular formula is C8H14BrN3. The third kappa shape index (κ3) is 1.87. The summed E-state index contributed by atoms with van der Waals surface area (Å²) in [6.45, 7) is 5.02. The van der Waals surface area contributed by atoms with Gasteiger partial charge in [0, 0.05) is 12.6 Å². The van der Waals surface area contributed by atoms with Crippen LogP contribution in [0, 0.1) is 0 Å². The Kier molecular flexibility index (Phi) is 3.29. The molecule has 0 saturated heterocycles. The quantitative estimate of drug-likeness (QED) is 0.866. The summed E-state index contributed by atoms with van der Waals surface area (Å²) in [7, 11) is 0. The van der Waals surface area contributed by atoms with Crippen molar-refractivity contribution in [2.45, 2.75) is 32.9 Å². The summed E-state index contributed by atoms with van der Waals surface area (Å²) in [5.41, 5.74) is 6.88. The second-order valence-electron chi connectivity index (χ2n) is 2.89. The Labute approximate surface area is 81.1 Å². The highest BCUT2D eigenvalue weighted by molar-refractivity contribution is 9.10. The largest absolute Gasteiger partial charge is 0.323 e. The SMILES string of the molecule is CCCn1ncc(Br)c1C(C)N. The molecule has 2 N–H and O–H groups in total. The molecule has 0 aliphatic rings. The summed E-state index contributed by atoms with van der Waals surface area (Å²) in [6, 6.07) is 0.0356. The van der Waals surface area contributed by atoms with Gasteiger partial charge in [-0.2, -0.15) is 5.10 Å². The average molecular weight is 232 g/mol. The van der Waals surface area contributed by atoms with E-state index in [-0.39, 0.29) is 6.04 Å². The Morgan fingerprint density at radius 2 is 2.42 bits per heavy atom. The lowest BCUT2D eigenvalue weighted by Crippen LogP contribution is -2.13. The second-order valence-corrected chi connectivity index (χ2v) is 3.74. The van der Waals surface area contributed by atoms with E-state index in [0.717, 1.165) is 23.1 Å². The molecule has 0 aliphatic heterocycles. The lowest BCUT2D eigenvalue weighted by molar-refractivity contribution is 0.551. The van der Waals surface area contributed by atoms with E-state index in [0.29, 0.717) is 0 Å². The molecule has 1 heterocycles.